The van der Waals surface area contributed by atoms with Gasteiger partial charge in [-0.2, -0.15) is 0 Å². The van der Waals surface area contributed by atoms with Crippen LogP contribution >= 0.6 is 0 Å². The van der Waals surface area contributed by atoms with Crippen molar-refractivity contribution < 1.29 is 14.7 Å². The van der Waals surface area contributed by atoms with Crippen LogP contribution in [0.25, 0.3) is 0 Å². The molecule has 0 aromatic rings. The molecule has 0 radical (unpaired) electrons. The molecule has 3 heteroatoms. The predicted octanol–water partition coefficient (Wildman–Crippen LogP) is 2.43. The number of hydrogen-bond acceptors (Lipinski definition) is 2. The molecular formula is C13H18O3. The van der Waals surface area contributed by atoms with E-state index in [1.807, 2.05) is 26.8 Å². The first-order chi connectivity index (χ1) is 7.45. The van der Waals surface area contributed by atoms with Gasteiger partial charge >= 0.3 is 5.97 Å². The van der Waals surface area contributed by atoms with E-state index in [-0.39, 0.29) is 17.3 Å². The normalized spacial score (nSPS) is 28.1. The monoisotopic (exact) mass is 222 g/mol. The fourth-order valence-corrected chi connectivity index (χ4v) is 2.06. The van der Waals surface area contributed by atoms with E-state index in [1.165, 1.54) is 0 Å². The summed E-state index contributed by atoms with van der Waals surface area (Å²) < 4.78 is 0. The largest absolute Gasteiger partial charge is 0.481 e. The molecular weight excluding hydrogens is 204 g/mol. The second-order valence-electron chi connectivity index (χ2n) is 4.76. The van der Waals surface area contributed by atoms with Gasteiger partial charge in [0.2, 0.25) is 0 Å². The van der Waals surface area contributed by atoms with E-state index >= 15 is 0 Å². The van der Waals surface area contributed by atoms with E-state index in [4.69, 9.17) is 5.11 Å². The summed E-state index contributed by atoms with van der Waals surface area (Å²) in [6, 6.07) is 0. The third-order valence-electron chi connectivity index (χ3n) is 3.23. The van der Waals surface area contributed by atoms with Crippen LogP contribution in [0.3, 0.4) is 0 Å². The minimum Gasteiger partial charge on any atom is -0.481 e. The zero-order valence-corrected chi connectivity index (χ0v) is 9.93. The number of carbonyl (C=O) groups is 2. The number of carboxylic acids is 1. The smallest absolute Gasteiger partial charge is 0.307 e. The Morgan fingerprint density at radius 1 is 1.44 bits per heavy atom. The summed E-state index contributed by atoms with van der Waals surface area (Å²) in [5.74, 6) is -1.18. The van der Waals surface area contributed by atoms with Crippen LogP contribution in [0, 0.1) is 17.3 Å². The van der Waals surface area contributed by atoms with E-state index in [0.29, 0.717) is 5.57 Å². The van der Waals surface area contributed by atoms with Crippen LogP contribution in [0.4, 0.5) is 0 Å². The standard InChI is InChI=1S/C13H18O3/c1-4-5-6-9(8-14)7-10-11(12(15)16)13(10,2)3/h5-8,10-11H,4H2,1-3H3,(H,15,16)/b6-5+,9-7-. The van der Waals surface area contributed by atoms with E-state index in [1.54, 1.807) is 12.2 Å². The Morgan fingerprint density at radius 3 is 2.44 bits per heavy atom. The zero-order valence-electron chi connectivity index (χ0n) is 9.93. The maximum Gasteiger partial charge on any atom is 0.307 e. The summed E-state index contributed by atoms with van der Waals surface area (Å²) in [6.45, 7) is 5.82. The van der Waals surface area contributed by atoms with Crippen molar-refractivity contribution in [2.24, 2.45) is 17.3 Å². The van der Waals surface area contributed by atoms with E-state index < -0.39 is 5.97 Å². The van der Waals surface area contributed by atoms with Gasteiger partial charge in [0, 0.05) is 5.57 Å². The van der Waals surface area contributed by atoms with Crippen LogP contribution in [0.2, 0.25) is 0 Å². The molecule has 1 N–H and O–H groups in total. The lowest BCUT2D eigenvalue weighted by Crippen LogP contribution is -2.03. The molecule has 0 heterocycles. The van der Waals surface area contributed by atoms with Gasteiger partial charge in [-0.1, -0.05) is 39.0 Å². The molecule has 1 aliphatic rings. The number of allylic oxidation sites excluding steroid dienone is 4. The van der Waals surface area contributed by atoms with Crippen LogP contribution in [-0.4, -0.2) is 17.4 Å². The highest BCUT2D eigenvalue weighted by atomic mass is 16.4. The first-order valence-corrected chi connectivity index (χ1v) is 5.51. The van der Waals surface area contributed by atoms with Crippen LogP contribution < -0.4 is 0 Å². The molecule has 2 unspecified atom stereocenters. The van der Waals surface area contributed by atoms with Gasteiger partial charge < -0.3 is 5.11 Å². The molecule has 0 saturated heterocycles. The Morgan fingerprint density at radius 2 is 2.06 bits per heavy atom. The minimum absolute atomic E-state index is 0.0355. The predicted molar refractivity (Wildman–Crippen MR) is 62.0 cm³/mol. The minimum atomic E-state index is -0.782. The van der Waals surface area contributed by atoms with Gasteiger partial charge in [0.1, 0.15) is 6.29 Å². The van der Waals surface area contributed by atoms with Gasteiger partial charge in [0.25, 0.3) is 0 Å². The summed E-state index contributed by atoms with van der Waals surface area (Å²) in [4.78, 5) is 21.7. The highest BCUT2D eigenvalue weighted by Crippen LogP contribution is 2.59. The molecule has 0 amide bonds. The van der Waals surface area contributed by atoms with Crippen molar-refractivity contribution in [2.45, 2.75) is 27.2 Å². The molecule has 1 saturated carbocycles. The van der Waals surface area contributed by atoms with Gasteiger partial charge in [-0.3, -0.25) is 9.59 Å². The van der Waals surface area contributed by atoms with Crippen molar-refractivity contribution in [3.05, 3.63) is 23.8 Å². The average Bonchev–Trinajstić information content (AvgIpc) is 2.75. The molecule has 0 aromatic heterocycles. The second-order valence-corrected chi connectivity index (χ2v) is 4.76. The molecule has 16 heavy (non-hydrogen) atoms. The third-order valence-corrected chi connectivity index (χ3v) is 3.23. The molecule has 0 aromatic carbocycles. The van der Waals surface area contributed by atoms with Gasteiger partial charge in [-0.25, -0.2) is 0 Å². The maximum atomic E-state index is 10.9. The second kappa shape index (κ2) is 4.64. The molecule has 0 aliphatic heterocycles. The number of aliphatic carboxylic acids is 1. The number of carboxylic acid groups (broad SMARTS) is 1. The van der Waals surface area contributed by atoms with Crippen LogP contribution in [0.15, 0.2) is 23.8 Å². The van der Waals surface area contributed by atoms with Crippen LogP contribution in [-0.2, 0) is 9.59 Å². The summed E-state index contributed by atoms with van der Waals surface area (Å²) in [6.07, 6.45) is 7.06. The van der Waals surface area contributed by atoms with Crippen LogP contribution in [0.1, 0.15) is 27.2 Å². The number of rotatable bonds is 5. The Hall–Kier alpha value is -1.38. The van der Waals surface area contributed by atoms with Crippen LogP contribution in [0.5, 0.6) is 0 Å². The van der Waals surface area contributed by atoms with E-state index in [0.717, 1.165) is 12.7 Å². The highest BCUT2D eigenvalue weighted by molar-refractivity contribution is 5.80. The zero-order chi connectivity index (χ0) is 12.3. The molecule has 88 valence electrons. The van der Waals surface area contributed by atoms with Crippen molar-refractivity contribution in [1.82, 2.24) is 0 Å². The quantitative estimate of drug-likeness (QED) is 0.441. The lowest BCUT2D eigenvalue weighted by atomic mass is 10.1. The van der Waals surface area contributed by atoms with Gasteiger partial charge in [-0.15, -0.1) is 0 Å². The maximum absolute atomic E-state index is 10.9. The first-order valence-electron chi connectivity index (χ1n) is 5.51. The molecule has 3 nitrogen and oxygen atoms in total. The van der Waals surface area contributed by atoms with Crippen molar-refractivity contribution in [2.75, 3.05) is 0 Å². The highest BCUT2D eigenvalue weighted by Gasteiger charge is 2.60. The molecule has 0 bridgehead atoms. The van der Waals surface area contributed by atoms with Gasteiger partial charge in [-0.05, 0) is 17.8 Å². The van der Waals surface area contributed by atoms with Gasteiger partial charge in [0.15, 0.2) is 0 Å². The number of aldehydes is 1. The Balaban J connectivity index is 2.80. The summed E-state index contributed by atoms with van der Waals surface area (Å²) in [7, 11) is 0. The van der Waals surface area contributed by atoms with E-state index in [2.05, 4.69) is 0 Å². The average molecular weight is 222 g/mol. The molecule has 1 fully saturated rings. The first kappa shape index (κ1) is 12.7. The molecule has 2 atom stereocenters. The number of carbonyl (C=O) groups excluding carboxylic acids is 1. The van der Waals surface area contributed by atoms with Crippen molar-refractivity contribution in [3.63, 3.8) is 0 Å². The Kier molecular flexibility index (Phi) is 3.68. The summed E-state index contributed by atoms with van der Waals surface area (Å²) in [5.41, 5.74) is 0.337. The van der Waals surface area contributed by atoms with Crippen molar-refractivity contribution >= 4 is 12.3 Å². The SMILES string of the molecule is CC/C=C/C(C=O)=C/C1C(C(=O)O)C1(C)C. The van der Waals surface area contributed by atoms with Crippen molar-refractivity contribution in [3.8, 4) is 0 Å². The molecule has 0 spiro atoms. The van der Waals surface area contributed by atoms with E-state index in [9.17, 15) is 9.59 Å². The Labute approximate surface area is 95.9 Å². The molecule has 1 rings (SSSR count). The summed E-state index contributed by atoms with van der Waals surface area (Å²) in [5, 5.41) is 8.99. The van der Waals surface area contributed by atoms with Gasteiger partial charge in [0.05, 0.1) is 5.92 Å². The number of hydrogen-bond donors (Lipinski definition) is 1. The fraction of sp³-hybridized carbons (Fsp3) is 0.538. The fourth-order valence-electron chi connectivity index (χ4n) is 2.06. The topological polar surface area (TPSA) is 54.4 Å². The lowest BCUT2D eigenvalue weighted by Gasteiger charge is -1.97. The third kappa shape index (κ3) is 2.40. The molecule has 1 aliphatic carbocycles. The Bertz CT molecular complexity index is 350. The van der Waals surface area contributed by atoms with Crippen molar-refractivity contribution in [1.29, 1.82) is 0 Å². The summed E-state index contributed by atoms with van der Waals surface area (Å²) >= 11 is 0. The lowest BCUT2D eigenvalue weighted by molar-refractivity contribution is -0.139.